The van der Waals surface area contributed by atoms with Gasteiger partial charge in [-0.25, -0.2) is 4.98 Å². The average Bonchev–Trinajstić information content (AvgIpc) is 2.97. The number of imidazole rings is 1. The third kappa shape index (κ3) is 2.06. The lowest BCUT2D eigenvalue weighted by Gasteiger charge is -2.27. The number of rotatable bonds is 2. The first-order valence-corrected chi connectivity index (χ1v) is 7.43. The number of para-hydroxylation sites is 1. The molecule has 0 aliphatic carbocycles. The Morgan fingerprint density at radius 3 is 2.87 bits per heavy atom. The minimum atomic E-state index is -0.171. The van der Waals surface area contributed by atoms with Gasteiger partial charge in [0.2, 0.25) is 5.82 Å². The highest BCUT2D eigenvalue weighted by atomic mass is 16.5. The van der Waals surface area contributed by atoms with Crippen molar-refractivity contribution in [3.05, 3.63) is 54.1 Å². The van der Waals surface area contributed by atoms with E-state index in [9.17, 15) is 4.79 Å². The molecule has 0 radical (unpaired) electrons. The molecule has 23 heavy (non-hydrogen) atoms. The highest BCUT2D eigenvalue weighted by Crippen LogP contribution is 2.36. The molecule has 6 nitrogen and oxygen atoms in total. The Kier molecular flexibility index (Phi) is 3.04. The number of amides is 1. The second kappa shape index (κ2) is 5.08. The maximum atomic E-state index is 12.6. The molecular weight excluding hydrogens is 292 g/mol. The Bertz CT molecular complexity index is 886. The molecule has 0 saturated heterocycles. The van der Waals surface area contributed by atoms with Crippen LogP contribution in [0.1, 0.15) is 22.4 Å². The summed E-state index contributed by atoms with van der Waals surface area (Å²) in [6, 6.07) is 11.3. The van der Waals surface area contributed by atoms with Crippen LogP contribution in [0.4, 0.5) is 0 Å². The van der Waals surface area contributed by atoms with Crippen molar-refractivity contribution >= 4 is 16.9 Å². The van der Waals surface area contributed by atoms with E-state index in [-0.39, 0.29) is 11.9 Å². The van der Waals surface area contributed by atoms with Gasteiger partial charge in [0.15, 0.2) is 0 Å². The molecule has 1 unspecified atom stereocenters. The molecule has 1 aliphatic rings. The zero-order chi connectivity index (χ0) is 16.0. The molecule has 1 amide bonds. The monoisotopic (exact) mass is 308 g/mol. The SMILES string of the molecule is CN(C)C(=O)c1nc2cccc3c2n1C(c1ccccn1)CO3. The van der Waals surface area contributed by atoms with Crippen molar-refractivity contribution < 1.29 is 9.53 Å². The zero-order valence-corrected chi connectivity index (χ0v) is 12.9. The number of aromatic nitrogens is 3. The summed E-state index contributed by atoms with van der Waals surface area (Å²) in [6.45, 7) is 0.424. The molecule has 0 fully saturated rings. The van der Waals surface area contributed by atoms with E-state index in [4.69, 9.17) is 4.74 Å². The van der Waals surface area contributed by atoms with Crippen LogP contribution < -0.4 is 4.74 Å². The fraction of sp³-hybridized carbons (Fsp3) is 0.235. The average molecular weight is 308 g/mol. The van der Waals surface area contributed by atoms with Crippen molar-refractivity contribution in [3.8, 4) is 5.75 Å². The van der Waals surface area contributed by atoms with E-state index in [0.29, 0.717) is 12.4 Å². The summed E-state index contributed by atoms with van der Waals surface area (Å²) in [5.74, 6) is 1.03. The number of carbonyl (C=O) groups is 1. The van der Waals surface area contributed by atoms with Gasteiger partial charge in [-0.1, -0.05) is 12.1 Å². The molecular formula is C17H16N4O2. The first-order valence-electron chi connectivity index (χ1n) is 7.43. The molecule has 4 rings (SSSR count). The molecule has 2 aromatic heterocycles. The lowest BCUT2D eigenvalue weighted by Crippen LogP contribution is -2.31. The molecule has 3 aromatic rings. The molecule has 1 aliphatic heterocycles. The summed E-state index contributed by atoms with van der Waals surface area (Å²) in [7, 11) is 3.45. The second-order valence-corrected chi connectivity index (χ2v) is 5.71. The van der Waals surface area contributed by atoms with E-state index in [1.165, 1.54) is 4.90 Å². The maximum absolute atomic E-state index is 12.6. The molecule has 116 valence electrons. The third-order valence-electron chi connectivity index (χ3n) is 4.01. The summed E-state index contributed by atoms with van der Waals surface area (Å²) in [5, 5.41) is 0. The van der Waals surface area contributed by atoms with E-state index >= 15 is 0 Å². The Morgan fingerprint density at radius 2 is 2.13 bits per heavy atom. The number of hydrogen-bond donors (Lipinski definition) is 0. The maximum Gasteiger partial charge on any atom is 0.289 e. The van der Waals surface area contributed by atoms with Crippen LogP contribution in [0.15, 0.2) is 42.6 Å². The van der Waals surface area contributed by atoms with Gasteiger partial charge in [0, 0.05) is 20.3 Å². The van der Waals surface area contributed by atoms with E-state index in [0.717, 1.165) is 22.5 Å². The molecule has 6 heteroatoms. The number of pyridine rings is 1. The Morgan fingerprint density at radius 1 is 1.26 bits per heavy atom. The minimum absolute atomic E-state index is 0.130. The van der Waals surface area contributed by atoms with E-state index < -0.39 is 0 Å². The number of benzene rings is 1. The normalized spacial score (nSPS) is 16.2. The van der Waals surface area contributed by atoms with Crippen molar-refractivity contribution in [3.63, 3.8) is 0 Å². The van der Waals surface area contributed by atoms with Crippen molar-refractivity contribution in [2.45, 2.75) is 6.04 Å². The van der Waals surface area contributed by atoms with Crippen LogP contribution in [0, 0.1) is 0 Å². The topological polar surface area (TPSA) is 60.2 Å². The highest BCUT2D eigenvalue weighted by Gasteiger charge is 2.31. The lowest BCUT2D eigenvalue weighted by atomic mass is 10.1. The van der Waals surface area contributed by atoms with Crippen molar-refractivity contribution in [2.75, 3.05) is 20.7 Å². The van der Waals surface area contributed by atoms with E-state index in [2.05, 4.69) is 9.97 Å². The molecule has 0 saturated carbocycles. The second-order valence-electron chi connectivity index (χ2n) is 5.71. The predicted molar refractivity (Wildman–Crippen MR) is 85.6 cm³/mol. The molecule has 0 bridgehead atoms. The molecule has 1 aromatic carbocycles. The Hall–Kier alpha value is -2.89. The van der Waals surface area contributed by atoms with Crippen LogP contribution in [-0.4, -0.2) is 46.0 Å². The van der Waals surface area contributed by atoms with Gasteiger partial charge >= 0.3 is 0 Å². The highest BCUT2D eigenvalue weighted by molar-refractivity contribution is 5.96. The Labute approximate surface area is 133 Å². The summed E-state index contributed by atoms with van der Waals surface area (Å²) in [5.41, 5.74) is 2.46. The molecule has 1 atom stereocenters. The lowest BCUT2D eigenvalue weighted by molar-refractivity contribution is 0.0807. The van der Waals surface area contributed by atoms with Crippen LogP contribution >= 0.6 is 0 Å². The van der Waals surface area contributed by atoms with Crippen molar-refractivity contribution in [1.82, 2.24) is 19.4 Å². The minimum Gasteiger partial charge on any atom is -0.489 e. The number of hydrogen-bond acceptors (Lipinski definition) is 4. The standard InChI is InChI=1S/C17H16N4O2/c1-20(2)17(22)16-19-12-7-5-8-14-15(12)21(16)13(10-23-14)11-6-3-4-9-18-11/h3-9,13H,10H2,1-2H3. The number of nitrogens with zero attached hydrogens (tertiary/aromatic N) is 4. The first kappa shape index (κ1) is 13.8. The van der Waals surface area contributed by atoms with Gasteiger partial charge < -0.3 is 14.2 Å². The van der Waals surface area contributed by atoms with Gasteiger partial charge in [-0.3, -0.25) is 9.78 Å². The smallest absolute Gasteiger partial charge is 0.289 e. The summed E-state index contributed by atoms with van der Waals surface area (Å²) in [4.78, 5) is 23.1. The summed E-state index contributed by atoms with van der Waals surface area (Å²) in [6.07, 6.45) is 1.75. The van der Waals surface area contributed by atoms with Crippen LogP contribution in [0.3, 0.4) is 0 Å². The first-order chi connectivity index (χ1) is 11.2. The van der Waals surface area contributed by atoms with Gasteiger partial charge in [0.1, 0.15) is 23.9 Å². The largest absolute Gasteiger partial charge is 0.489 e. The van der Waals surface area contributed by atoms with Gasteiger partial charge in [-0.2, -0.15) is 0 Å². The van der Waals surface area contributed by atoms with Crippen LogP contribution in [0.25, 0.3) is 11.0 Å². The fourth-order valence-corrected chi connectivity index (χ4v) is 2.92. The molecule has 0 spiro atoms. The van der Waals surface area contributed by atoms with Crippen molar-refractivity contribution in [2.24, 2.45) is 0 Å². The van der Waals surface area contributed by atoms with Crippen LogP contribution in [-0.2, 0) is 0 Å². The van der Waals surface area contributed by atoms with Gasteiger partial charge in [-0.05, 0) is 24.3 Å². The van der Waals surface area contributed by atoms with E-state index in [1.807, 2.05) is 41.0 Å². The number of carbonyl (C=O) groups excluding carboxylic acids is 1. The fourth-order valence-electron chi connectivity index (χ4n) is 2.92. The zero-order valence-electron chi connectivity index (χ0n) is 12.9. The molecule has 3 heterocycles. The summed E-state index contributed by atoms with van der Waals surface area (Å²) < 4.78 is 7.85. The van der Waals surface area contributed by atoms with Gasteiger partial charge in [0.25, 0.3) is 5.91 Å². The van der Waals surface area contributed by atoms with Gasteiger partial charge in [0.05, 0.1) is 11.2 Å². The Balaban J connectivity index is 1.99. The van der Waals surface area contributed by atoms with Crippen molar-refractivity contribution in [1.29, 1.82) is 0 Å². The summed E-state index contributed by atoms with van der Waals surface area (Å²) >= 11 is 0. The van der Waals surface area contributed by atoms with E-state index in [1.54, 1.807) is 20.3 Å². The van der Waals surface area contributed by atoms with Crippen LogP contribution in [0.2, 0.25) is 0 Å². The quantitative estimate of drug-likeness (QED) is 0.727. The number of ether oxygens (including phenoxy) is 1. The van der Waals surface area contributed by atoms with Crippen LogP contribution in [0.5, 0.6) is 5.75 Å². The third-order valence-corrected chi connectivity index (χ3v) is 4.01. The van der Waals surface area contributed by atoms with Gasteiger partial charge in [-0.15, -0.1) is 0 Å². The predicted octanol–water partition coefficient (Wildman–Crippen LogP) is 2.11. The molecule has 0 N–H and O–H groups in total.